The smallest absolute Gasteiger partial charge is 0.0278 e. The van der Waals surface area contributed by atoms with Crippen molar-refractivity contribution < 1.29 is 0 Å². The predicted octanol–water partition coefficient (Wildman–Crippen LogP) is 2.88. The van der Waals surface area contributed by atoms with Crippen molar-refractivity contribution in [1.29, 1.82) is 0 Å². The molecule has 0 radical (unpaired) electrons. The Labute approximate surface area is 118 Å². The Morgan fingerprint density at radius 3 is 2.42 bits per heavy atom. The highest BCUT2D eigenvalue weighted by molar-refractivity contribution is 5.19. The Morgan fingerprint density at radius 2 is 1.84 bits per heavy atom. The van der Waals surface area contributed by atoms with Crippen molar-refractivity contribution in [3.05, 3.63) is 0 Å². The van der Waals surface area contributed by atoms with E-state index in [1.807, 2.05) is 0 Å². The second-order valence-electron chi connectivity index (χ2n) is 8.01. The van der Waals surface area contributed by atoms with Crippen LogP contribution in [0.4, 0.5) is 0 Å². The minimum Gasteiger partial charge on any atom is -0.309 e. The van der Waals surface area contributed by atoms with E-state index in [-0.39, 0.29) is 0 Å². The molecule has 2 bridgehead atoms. The molecular weight excluding hydrogens is 232 g/mol. The topological polar surface area (TPSA) is 15.3 Å². The zero-order chi connectivity index (χ0) is 13.2. The van der Waals surface area contributed by atoms with Gasteiger partial charge in [0.1, 0.15) is 0 Å². The summed E-state index contributed by atoms with van der Waals surface area (Å²) in [6.45, 7) is 9.65. The quantitative estimate of drug-likeness (QED) is 0.841. The lowest BCUT2D eigenvalue weighted by atomic mass is 9.91. The summed E-state index contributed by atoms with van der Waals surface area (Å²) in [5.41, 5.74) is 0.363. The number of piperazine rings is 1. The van der Waals surface area contributed by atoms with E-state index in [2.05, 4.69) is 31.0 Å². The second kappa shape index (κ2) is 4.21. The van der Waals surface area contributed by atoms with Crippen molar-refractivity contribution in [2.24, 2.45) is 23.7 Å². The van der Waals surface area contributed by atoms with Crippen LogP contribution in [0.15, 0.2) is 0 Å². The van der Waals surface area contributed by atoms with Crippen LogP contribution < -0.4 is 5.32 Å². The molecule has 2 heteroatoms. The Hall–Kier alpha value is -0.0800. The first-order valence-corrected chi connectivity index (χ1v) is 8.67. The average molecular weight is 262 g/mol. The van der Waals surface area contributed by atoms with Crippen molar-refractivity contribution in [3.8, 4) is 0 Å². The van der Waals surface area contributed by atoms with Crippen LogP contribution in [0.3, 0.4) is 0 Å². The highest BCUT2D eigenvalue weighted by Crippen LogP contribution is 2.67. The van der Waals surface area contributed by atoms with E-state index in [4.69, 9.17) is 0 Å². The van der Waals surface area contributed by atoms with Gasteiger partial charge in [0.05, 0.1) is 0 Å². The number of hydrogen-bond acceptors (Lipinski definition) is 2. The van der Waals surface area contributed by atoms with Gasteiger partial charge < -0.3 is 5.32 Å². The molecule has 0 aromatic rings. The lowest BCUT2D eigenvalue weighted by molar-refractivity contribution is 0.0599. The van der Waals surface area contributed by atoms with Crippen LogP contribution >= 0.6 is 0 Å². The van der Waals surface area contributed by atoms with Crippen molar-refractivity contribution in [2.75, 3.05) is 13.1 Å². The summed E-state index contributed by atoms with van der Waals surface area (Å²) < 4.78 is 0. The lowest BCUT2D eigenvalue weighted by Gasteiger charge is -2.47. The van der Waals surface area contributed by atoms with Gasteiger partial charge in [-0.15, -0.1) is 0 Å². The van der Waals surface area contributed by atoms with Crippen LogP contribution in [0.1, 0.15) is 52.9 Å². The second-order valence-corrected chi connectivity index (χ2v) is 8.01. The van der Waals surface area contributed by atoms with E-state index in [1.165, 1.54) is 25.9 Å². The Kier molecular flexibility index (Phi) is 2.80. The Balaban J connectivity index is 1.52. The molecule has 6 atom stereocenters. The SMILES string of the molecule is CCC1CNC(C)(CC)CN1C1C2C3CCC(C3)C21. The maximum atomic E-state index is 3.82. The fourth-order valence-corrected chi connectivity index (χ4v) is 5.76. The molecule has 0 spiro atoms. The normalized spacial score (nSPS) is 56.4. The number of fused-ring (bicyclic) bond motifs is 5. The Bertz CT molecular complexity index is 352. The van der Waals surface area contributed by atoms with E-state index in [9.17, 15) is 0 Å². The number of nitrogens with zero attached hydrogens (tertiary/aromatic N) is 1. The van der Waals surface area contributed by atoms with Gasteiger partial charge in [0.15, 0.2) is 0 Å². The molecule has 1 N–H and O–H groups in total. The van der Waals surface area contributed by atoms with E-state index < -0.39 is 0 Å². The van der Waals surface area contributed by atoms with Crippen LogP contribution in [0.25, 0.3) is 0 Å². The third-order valence-electron chi connectivity index (χ3n) is 7.09. The summed E-state index contributed by atoms with van der Waals surface area (Å²) in [5, 5.41) is 3.82. The van der Waals surface area contributed by atoms with Gasteiger partial charge in [0, 0.05) is 30.7 Å². The number of nitrogens with one attached hydrogen (secondary N) is 1. The number of hydrogen-bond donors (Lipinski definition) is 1. The van der Waals surface area contributed by atoms with Crippen LogP contribution in [0.2, 0.25) is 0 Å². The minimum atomic E-state index is 0.363. The van der Waals surface area contributed by atoms with Crippen LogP contribution in [-0.2, 0) is 0 Å². The maximum absolute atomic E-state index is 3.82. The van der Waals surface area contributed by atoms with Gasteiger partial charge >= 0.3 is 0 Å². The molecule has 1 heterocycles. The lowest BCUT2D eigenvalue weighted by Crippen LogP contribution is -2.63. The summed E-state index contributed by atoms with van der Waals surface area (Å²) in [7, 11) is 0. The fourth-order valence-electron chi connectivity index (χ4n) is 5.76. The summed E-state index contributed by atoms with van der Waals surface area (Å²) in [6, 6.07) is 1.78. The predicted molar refractivity (Wildman–Crippen MR) is 79.1 cm³/mol. The maximum Gasteiger partial charge on any atom is 0.0278 e. The van der Waals surface area contributed by atoms with Crippen molar-refractivity contribution in [1.82, 2.24) is 10.2 Å². The van der Waals surface area contributed by atoms with Crippen molar-refractivity contribution >= 4 is 0 Å². The van der Waals surface area contributed by atoms with Gasteiger partial charge in [0.25, 0.3) is 0 Å². The molecule has 0 aromatic carbocycles. The molecule has 0 amide bonds. The molecule has 4 aliphatic rings. The molecular formula is C17H30N2. The van der Waals surface area contributed by atoms with Crippen LogP contribution in [0, 0.1) is 23.7 Å². The first kappa shape index (κ1) is 12.6. The van der Waals surface area contributed by atoms with Crippen molar-refractivity contribution in [2.45, 2.75) is 70.5 Å². The first-order chi connectivity index (χ1) is 9.17. The van der Waals surface area contributed by atoms with E-state index in [0.717, 1.165) is 35.8 Å². The van der Waals surface area contributed by atoms with Gasteiger partial charge in [0.2, 0.25) is 0 Å². The van der Waals surface area contributed by atoms with Gasteiger partial charge in [-0.1, -0.05) is 13.8 Å². The summed E-state index contributed by atoms with van der Waals surface area (Å²) in [6.07, 6.45) is 7.26. The molecule has 4 fully saturated rings. The van der Waals surface area contributed by atoms with Gasteiger partial charge in [-0.05, 0) is 62.7 Å². The summed E-state index contributed by atoms with van der Waals surface area (Å²) in [5.74, 6) is 4.43. The molecule has 6 unspecified atom stereocenters. The van der Waals surface area contributed by atoms with Crippen LogP contribution in [0.5, 0.6) is 0 Å². The largest absolute Gasteiger partial charge is 0.309 e. The highest BCUT2D eigenvalue weighted by atomic mass is 15.3. The Morgan fingerprint density at radius 1 is 1.16 bits per heavy atom. The van der Waals surface area contributed by atoms with E-state index >= 15 is 0 Å². The number of rotatable bonds is 3. The molecule has 1 aliphatic heterocycles. The molecule has 2 nitrogen and oxygen atoms in total. The van der Waals surface area contributed by atoms with Crippen LogP contribution in [-0.4, -0.2) is 35.6 Å². The van der Waals surface area contributed by atoms with Gasteiger partial charge in [-0.3, -0.25) is 4.90 Å². The third kappa shape index (κ3) is 1.75. The third-order valence-corrected chi connectivity index (χ3v) is 7.09. The summed E-state index contributed by atoms with van der Waals surface area (Å²) >= 11 is 0. The molecule has 19 heavy (non-hydrogen) atoms. The van der Waals surface area contributed by atoms with Crippen molar-refractivity contribution in [3.63, 3.8) is 0 Å². The van der Waals surface area contributed by atoms with E-state index in [0.29, 0.717) is 5.54 Å². The average Bonchev–Trinajstić information content (AvgIpc) is 2.86. The standard InChI is InChI=1S/C17H30N2/c1-4-13-9-18-17(3,5-2)10-19(13)16-14-11-6-7-12(8-11)15(14)16/h11-16,18H,4-10H2,1-3H3. The molecule has 0 aromatic heterocycles. The molecule has 4 rings (SSSR count). The zero-order valence-corrected chi connectivity index (χ0v) is 12.9. The van der Waals surface area contributed by atoms with Gasteiger partial charge in [-0.25, -0.2) is 0 Å². The van der Waals surface area contributed by atoms with E-state index in [1.54, 1.807) is 19.3 Å². The van der Waals surface area contributed by atoms with Gasteiger partial charge in [-0.2, -0.15) is 0 Å². The molecule has 108 valence electrons. The zero-order valence-electron chi connectivity index (χ0n) is 12.9. The molecule has 3 aliphatic carbocycles. The fraction of sp³-hybridized carbons (Fsp3) is 1.00. The molecule has 1 saturated heterocycles. The minimum absolute atomic E-state index is 0.363. The molecule has 3 saturated carbocycles. The monoisotopic (exact) mass is 262 g/mol. The summed E-state index contributed by atoms with van der Waals surface area (Å²) in [4.78, 5) is 2.94. The first-order valence-electron chi connectivity index (χ1n) is 8.67. The highest BCUT2D eigenvalue weighted by Gasteiger charge is 2.67.